The molecule has 1 fully saturated rings. The average molecular weight is 336 g/mol. The lowest BCUT2D eigenvalue weighted by atomic mass is 10.1. The van der Waals surface area contributed by atoms with Crippen molar-refractivity contribution in [2.75, 3.05) is 6.54 Å². The van der Waals surface area contributed by atoms with Gasteiger partial charge in [-0.2, -0.15) is 11.3 Å². The van der Waals surface area contributed by atoms with Crippen molar-refractivity contribution in [1.29, 1.82) is 0 Å². The van der Waals surface area contributed by atoms with Crippen LogP contribution in [-0.2, 0) is 0 Å². The van der Waals surface area contributed by atoms with Gasteiger partial charge in [-0.1, -0.05) is 12.1 Å². The van der Waals surface area contributed by atoms with Crippen LogP contribution in [0.1, 0.15) is 34.8 Å². The molecule has 1 atom stereocenters. The molecule has 1 saturated heterocycles. The van der Waals surface area contributed by atoms with Gasteiger partial charge in [0.2, 0.25) is 0 Å². The quantitative estimate of drug-likeness (QED) is 0.791. The van der Waals surface area contributed by atoms with Crippen molar-refractivity contribution in [1.82, 2.24) is 4.90 Å². The number of halogens is 1. The second kappa shape index (κ2) is 5.47. The van der Waals surface area contributed by atoms with Gasteiger partial charge in [-0.3, -0.25) is 4.79 Å². The summed E-state index contributed by atoms with van der Waals surface area (Å²) in [5.74, 6) is 0.126. The number of hydrogen-bond donors (Lipinski definition) is 0. The lowest BCUT2D eigenvalue weighted by Gasteiger charge is -2.24. The first-order valence-electron chi connectivity index (χ1n) is 6.35. The molecule has 3 rings (SSSR count). The summed E-state index contributed by atoms with van der Waals surface area (Å²) in [4.78, 5) is 14.7. The molecule has 19 heavy (non-hydrogen) atoms. The molecule has 0 saturated carbocycles. The number of carbonyl (C=O) groups excluding carboxylic acids is 1. The van der Waals surface area contributed by atoms with Crippen molar-refractivity contribution in [3.8, 4) is 0 Å². The van der Waals surface area contributed by atoms with Gasteiger partial charge in [0.05, 0.1) is 11.6 Å². The number of amides is 1. The zero-order chi connectivity index (χ0) is 13.2. The van der Waals surface area contributed by atoms with Crippen LogP contribution in [0.3, 0.4) is 0 Å². The Balaban J connectivity index is 1.89. The monoisotopic (exact) mass is 335 g/mol. The lowest BCUT2D eigenvalue weighted by molar-refractivity contribution is 0.0735. The first kappa shape index (κ1) is 12.9. The Morgan fingerprint density at radius 2 is 2.16 bits per heavy atom. The molecule has 2 heterocycles. The Morgan fingerprint density at radius 3 is 2.89 bits per heavy atom. The summed E-state index contributed by atoms with van der Waals surface area (Å²) in [7, 11) is 0. The van der Waals surface area contributed by atoms with Crippen molar-refractivity contribution in [3.63, 3.8) is 0 Å². The van der Waals surface area contributed by atoms with E-state index in [1.54, 1.807) is 11.3 Å². The van der Waals surface area contributed by atoms with Gasteiger partial charge in [-0.15, -0.1) is 0 Å². The molecule has 0 radical (unpaired) electrons. The zero-order valence-electron chi connectivity index (χ0n) is 10.4. The maximum absolute atomic E-state index is 12.7. The highest BCUT2D eigenvalue weighted by Crippen LogP contribution is 2.34. The van der Waals surface area contributed by atoms with Crippen LogP contribution < -0.4 is 0 Å². The topological polar surface area (TPSA) is 20.3 Å². The molecule has 1 aromatic heterocycles. The maximum atomic E-state index is 12.7. The third-order valence-electron chi connectivity index (χ3n) is 3.55. The van der Waals surface area contributed by atoms with Crippen LogP contribution >= 0.6 is 27.3 Å². The molecular formula is C15H14BrNOS. The predicted octanol–water partition coefficient (Wildman–Crippen LogP) is 4.49. The van der Waals surface area contributed by atoms with Gasteiger partial charge in [-0.25, -0.2) is 0 Å². The molecule has 2 nitrogen and oxygen atoms in total. The minimum atomic E-state index is 0.126. The first-order chi connectivity index (χ1) is 9.27. The maximum Gasteiger partial charge on any atom is 0.255 e. The van der Waals surface area contributed by atoms with E-state index in [1.807, 2.05) is 29.2 Å². The Bertz CT molecular complexity index is 582. The summed E-state index contributed by atoms with van der Waals surface area (Å²) >= 11 is 5.16. The summed E-state index contributed by atoms with van der Waals surface area (Å²) in [6.07, 6.45) is 2.14. The summed E-state index contributed by atoms with van der Waals surface area (Å²) in [5, 5.41) is 4.23. The predicted molar refractivity (Wildman–Crippen MR) is 81.5 cm³/mol. The zero-order valence-corrected chi connectivity index (χ0v) is 12.8. The Labute approximate surface area is 125 Å². The molecule has 4 heteroatoms. The normalized spacial score (nSPS) is 18.8. The molecule has 0 aliphatic carbocycles. The van der Waals surface area contributed by atoms with Crippen LogP contribution in [0.15, 0.2) is 45.6 Å². The van der Waals surface area contributed by atoms with E-state index < -0.39 is 0 Å². The number of thiophene rings is 1. The summed E-state index contributed by atoms with van der Waals surface area (Å²) < 4.78 is 0.871. The number of nitrogens with zero attached hydrogens (tertiary/aromatic N) is 1. The van der Waals surface area contributed by atoms with Gasteiger partial charge in [0.15, 0.2) is 0 Å². The smallest absolute Gasteiger partial charge is 0.255 e. The molecule has 1 aliphatic rings. The van der Waals surface area contributed by atoms with Gasteiger partial charge >= 0.3 is 0 Å². The summed E-state index contributed by atoms with van der Waals surface area (Å²) in [6, 6.07) is 10.0. The number of benzene rings is 1. The highest BCUT2D eigenvalue weighted by Gasteiger charge is 2.31. The van der Waals surface area contributed by atoms with Crippen molar-refractivity contribution < 1.29 is 4.79 Å². The van der Waals surface area contributed by atoms with Crippen molar-refractivity contribution in [2.45, 2.75) is 18.9 Å². The molecule has 98 valence electrons. The van der Waals surface area contributed by atoms with E-state index in [-0.39, 0.29) is 11.9 Å². The van der Waals surface area contributed by atoms with Crippen molar-refractivity contribution in [3.05, 3.63) is 56.7 Å². The summed E-state index contributed by atoms with van der Waals surface area (Å²) in [6.45, 7) is 0.848. The van der Waals surface area contributed by atoms with Crippen LogP contribution in [0.2, 0.25) is 0 Å². The molecule has 1 aliphatic heterocycles. The van der Waals surface area contributed by atoms with Gasteiger partial charge in [-0.05, 0) is 63.3 Å². The Kier molecular flexibility index (Phi) is 3.71. The van der Waals surface area contributed by atoms with Crippen LogP contribution in [-0.4, -0.2) is 17.4 Å². The minimum Gasteiger partial charge on any atom is -0.332 e. The van der Waals surface area contributed by atoms with Crippen molar-refractivity contribution in [2.24, 2.45) is 0 Å². The third-order valence-corrected chi connectivity index (χ3v) is 4.94. The number of likely N-dealkylation sites (tertiary alicyclic amines) is 1. The van der Waals surface area contributed by atoms with Crippen LogP contribution in [0, 0.1) is 0 Å². The van der Waals surface area contributed by atoms with Crippen LogP contribution in [0.25, 0.3) is 0 Å². The Morgan fingerprint density at radius 1 is 1.32 bits per heavy atom. The van der Waals surface area contributed by atoms with Crippen LogP contribution in [0.5, 0.6) is 0 Å². The van der Waals surface area contributed by atoms with Gasteiger partial charge in [0.1, 0.15) is 0 Å². The molecular weight excluding hydrogens is 322 g/mol. The van der Waals surface area contributed by atoms with E-state index in [1.165, 1.54) is 5.56 Å². The van der Waals surface area contributed by atoms with Gasteiger partial charge in [0.25, 0.3) is 5.91 Å². The van der Waals surface area contributed by atoms with E-state index in [0.717, 1.165) is 29.4 Å². The molecule has 0 N–H and O–H groups in total. The third kappa shape index (κ3) is 2.47. The van der Waals surface area contributed by atoms with Gasteiger partial charge < -0.3 is 4.90 Å². The fraction of sp³-hybridized carbons (Fsp3) is 0.267. The molecule has 1 unspecified atom stereocenters. The first-order valence-corrected chi connectivity index (χ1v) is 8.08. The molecule has 0 bridgehead atoms. The highest BCUT2D eigenvalue weighted by molar-refractivity contribution is 9.10. The molecule has 2 aromatic rings. The van der Waals surface area contributed by atoms with E-state index >= 15 is 0 Å². The fourth-order valence-corrected chi connectivity index (χ4v) is 3.77. The van der Waals surface area contributed by atoms with Gasteiger partial charge in [0, 0.05) is 11.0 Å². The van der Waals surface area contributed by atoms with E-state index in [4.69, 9.17) is 0 Å². The second-order valence-electron chi connectivity index (χ2n) is 4.69. The molecule has 0 spiro atoms. The van der Waals surface area contributed by atoms with E-state index in [0.29, 0.717) is 0 Å². The fourth-order valence-electron chi connectivity index (χ4n) is 2.61. The van der Waals surface area contributed by atoms with E-state index in [9.17, 15) is 4.79 Å². The number of carbonyl (C=O) groups is 1. The molecule has 1 amide bonds. The van der Waals surface area contributed by atoms with Crippen molar-refractivity contribution >= 4 is 33.2 Å². The standard InChI is InChI=1S/C15H14BrNOS/c16-13-5-2-1-4-12(13)15(18)17-8-3-6-14(17)11-7-9-19-10-11/h1-2,4-5,7,9-10,14H,3,6,8H2. The Hall–Kier alpha value is -1.13. The SMILES string of the molecule is O=C(c1ccccc1Br)N1CCCC1c1ccsc1. The highest BCUT2D eigenvalue weighted by atomic mass is 79.9. The van der Waals surface area contributed by atoms with Crippen LogP contribution in [0.4, 0.5) is 0 Å². The van der Waals surface area contributed by atoms with E-state index in [2.05, 4.69) is 32.8 Å². The number of rotatable bonds is 2. The minimum absolute atomic E-state index is 0.126. The second-order valence-corrected chi connectivity index (χ2v) is 6.33. The largest absolute Gasteiger partial charge is 0.332 e. The average Bonchev–Trinajstić information content (AvgIpc) is 3.09. The lowest BCUT2D eigenvalue weighted by Crippen LogP contribution is -2.30. The number of hydrogen-bond acceptors (Lipinski definition) is 2. The summed E-state index contributed by atoms with van der Waals surface area (Å²) in [5.41, 5.74) is 2.02. The molecule has 1 aromatic carbocycles.